The second kappa shape index (κ2) is 12.4. The Bertz CT molecular complexity index is 1230. The van der Waals surface area contributed by atoms with Crippen molar-refractivity contribution in [1.82, 2.24) is 16.1 Å². The number of aliphatic hydroxyl groups is 1. The molecule has 0 bridgehead atoms. The van der Waals surface area contributed by atoms with Gasteiger partial charge in [-0.25, -0.2) is 14.4 Å². The van der Waals surface area contributed by atoms with E-state index in [2.05, 4.69) is 21.2 Å². The van der Waals surface area contributed by atoms with E-state index in [1.54, 1.807) is 50.2 Å². The number of urea groups is 1. The van der Waals surface area contributed by atoms with E-state index < -0.39 is 30.2 Å². The zero-order valence-corrected chi connectivity index (χ0v) is 20.5. The number of methoxy groups -OCH3 is 1. The van der Waals surface area contributed by atoms with Gasteiger partial charge >= 0.3 is 18.0 Å². The van der Waals surface area contributed by atoms with Gasteiger partial charge < -0.3 is 35.1 Å². The van der Waals surface area contributed by atoms with Crippen LogP contribution in [0.4, 0.5) is 4.79 Å². The number of esters is 1. The van der Waals surface area contributed by atoms with Gasteiger partial charge in [-0.15, -0.1) is 0 Å². The van der Waals surface area contributed by atoms with Gasteiger partial charge in [-0.2, -0.15) is 5.10 Å². The van der Waals surface area contributed by atoms with E-state index in [0.717, 1.165) is 0 Å². The zero-order valence-electron chi connectivity index (χ0n) is 20.5. The maximum absolute atomic E-state index is 12.3. The Kier molecular flexibility index (Phi) is 9.05. The van der Waals surface area contributed by atoms with Crippen LogP contribution >= 0.6 is 0 Å². The molecule has 2 amide bonds. The molecule has 1 aliphatic heterocycles. The van der Waals surface area contributed by atoms with Crippen LogP contribution in [0.2, 0.25) is 0 Å². The lowest BCUT2D eigenvalue weighted by Crippen LogP contribution is -2.45. The number of carbonyl (C=O) groups is 3. The van der Waals surface area contributed by atoms with E-state index in [1.165, 1.54) is 19.4 Å². The average molecular weight is 513 g/mol. The summed E-state index contributed by atoms with van der Waals surface area (Å²) in [7, 11) is 1.26. The zero-order chi connectivity index (χ0) is 26.9. The number of amides is 2. The molecular weight excluding hydrogens is 484 g/mol. The summed E-state index contributed by atoms with van der Waals surface area (Å²) in [6.45, 7) is 3.49. The summed E-state index contributed by atoms with van der Waals surface area (Å²) in [4.78, 5) is 35.7. The van der Waals surface area contributed by atoms with Crippen molar-refractivity contribution in [2.24, 2.45) is 5.10 Å². The number of carboxylic acid groups (broad SMARTS) is 1. The van der Waals surface area contributed by atoms with Gasteiger partial charge in [0.1, 0.15) is 6.61 Å². The Hall–Kier alpha value is -4.58. The number of rotatable bonds is 11. The fraction of sp³-hybridized carbons (Fsp3) is 0.280. The second-order valence-electron chi connectivity index (χ2n) is 7.81. The van der Waals surface area contributed by atoms with Crippen LogP contribution in [0, 0.1) is 0 Å². The van der Waals surface area contributed by atoms with Gasteiger partial charge in [0.05, 0.1) is 37.1 Å². The lowest BCUT2D eigenvalue weighted by atomic mass is 9.95. The third kappa shape index (κ3) is 6.76. The molecule has 0 spiro atoms. The number of aromatic carboxylic acids is 1. The highest BCUT2D eigenvalue weighted by Gasteiger charge is 2.32. The first-order valence-corrected chi connectivity index (χ1v) is 11.3. The summed E-state index contributed by atoms with van der Waals surface area (Å²) in [5, 5.41) is 28.6. The largest absolute Gasteiger partial charge is 0.490 e. The summed E-state index contributed by atoms with van der Waals surface area (Å²) in [6.07, 6.45) is 0.0667. The van der Waals surface area contributed by atoms with Crippen molar-refractivity contribution in [2.45, 2.75) is 26.1 Å². The molecule has 0 aromatic heterocycles. The Morgan fingerprint density at radius 2 is 1.95 bits per heavy atom. The summed E-state index contributed by atoms with van der Waals surface area (Å²) in [5.41, 5.74) is 4.10. The summed E-state index contributed by atoms with van der Waals surface area (Å²) in [6, 6.07) is 9.95. The van der Waals surface area contributed by atoms with Gasteiger partial charge in [0.25, 0.3) is 0 Å². The van der Waals surface area contributed by atoms with E-state index in [4.69, 9.17) is 14.2 Å². The monoisotopic (exact) mass is 512 g/mol. The number of hydrogen-bond donors (Lipinski definition) is 5. The number of ether oxygens (including phenoxy) is 3. The van der Waals surface area contributed by atoms with E-state index in [0.29, 0.717) is 34.9 Å². The third-order valence-electron chi connectivity index (χ3n) is 5.29. The summed E-state index contributed by atoms with van der Waals surface area (Å²) in [5.74, 6) is -1.03. The summed E-state index contributed by atoms with van der Waals surface area (Å²) >= 11 is 0. The van der Waals surface area contributed by atoms with Crippen molar-refractivity contribution in [3.63, 3.8) is 0 Å². The van der Waals surface area contributed by atoms with Crippen molar-refractivity contribution < 1.29 is 38.8 Å². The minimum atomic E-state index is -1.22. The van der Waals surface area contributed by atoms with Crippen molar-refractivity contribution in [3.05, 3.63) is 70.4 Å². The van der Waals surface area contributed by atoms with Crippen molar-refractivity contribution >= 4 is 24.2 Å². The molecular formula is C25H28N4O8. The number of hydrogen-bond acceptors (Lipinski definition) is 9. The van der Waals surface area contributed by atoms with Gasteiger partial charge in [-0.3, -0.25) is 5.43 Å². The lowest BCUT2D eigenvalue weighted by molar-refractivity contribution is -0.136. The first-order valence-electron chi connectivity index (χ1n) is 11.3. The molecule has 1 aliphatic rings. The van der Waals surface area contributed by atoms with Crippen LogP contribution in [0.5, 0.6) is 11.5 Å². The second-order valence-corrected chi connectivity index (χ2v) is 7.81. The number of nitrogens with zero attached hydrogens (tertiary/aromatic N) is 1. The Morgan fingerprint density at radius 3 is 2.65 bits per heavy atom. The molecule has 3 rings (SSSR count). The van der Waals surface area contributed by atoms with Crippen LogP contribution < -0.4 is 25.5 Å². The molecule has 2 aromatic rings. The van der Waals surface area contributed by atoms with Gasteiger partial charge in [-0.1, -0.05) is 24.3 Å². The molecule has 0 saturated heterocycles. The maximum Gasteiger partial charge on any atom is 0.337 e. The molecule has 196 valence electrons. The number of benzene rings is 2. The molecule has 0 fully saturated rings. The van der Waals surface area contributed by atoms with Crippen LogP contribution in [0.3, 0.4) is 0 Å². The smallest absolute Gasteiger partial charge is 0.337 e. The van der Waals surface area contributed by atoms with Gasteiger partial charge in [0.2, 0.25) is 0 Å². The van der Waals surface area contributed by atoms with E-state index >= 15 is 0 Å². The quantitative estimate of drug-likeness (QED) is 0.131. The molecule has 0 radical (unpaired) electrons. The summed E-state index contributed by atoms with van der Waals surface area (Å²) < 4.78 is 16.2. The minimum absolute atomic E-state index is 0.0746. The molecule has 0 aliphatic carbocycles. The number of carboxylic acids is 1. The highest BCUT2D eigenvalue weighted by Crippen LogP contribution is 2.34. The fourth-order valence-electron chi connectivity index (χ4n) is 3.62. The van der Waals surface area contributed by atoms with Gasteiger partial charge in [0.15, 0.2) is 17.7 Å². The highest BCUT2D eigenvalue weighted by molar-refractivity contribution is 5.98. The van der Waals surface area contributed by atoms with Gasteiger partial charge in [0, 0.05) is 11.3 Å². The fourth-order valence-corrected chi connectivity index (χ4v) is 3.62. The van der Waals surface area contributed by atoms with Crippen molar-refractivity contribution in [1.29, 1.82) is 0 Å². The van der Waals surface area contributed by atoms with Crippen LogP contribution in [-0.2, 0) is 9.53 Å². The topological polar surface area (TPSA) is 168 Å². The lowest BCUT2D eigenvalue weighted by Gasteiger charge is -2.28. The van der Waals surface area contributed by atoms with Crippen LogP contribution in [0.15, 0.2) is 58.8 Å². The third-order valence-corrected chi connectivity index (χ3v) is 5.29. The number of aliphatic hydroxyl groups excluding tert-OH is 1. The Morgan fingerprint density at radius 1 is 1.19 bits per heavy atom. The number of hydrazone groups is 1. The Balaban J connectivity index is 1.72. The number of allylic oxidation sites excluding steroid dienone is 1. The van der Waals surface area contributed by atoms with Crippen molar-refractivity contribution in [2.75, 3.05) is 20.3 Å². The molecule has 2 atom stereocenters. The van der Waals surface area contributed by atoms with Crippen LogP contribution in [0.25, 0.3) is 0 Å². The minimum Gasteiger partial charge on any atom is -0.490 e. The predicted molar refractivity (Wildman–Crippen MR) is 132 cm³/mol. The van der Waals surface area contributed by atoms with Gasteiger partial charge in [-0.05, 0) is 37.6 Å². The molecule has 12 nitrogen and oxygen atoms in total. The normalized spacial score (nSPS) is 16.0. The molecule has 12 heteroatoms. The highest BCUT2D eigenvalue weighted by atomic mass is 16.5. The standard InChI is InChI=1S/C25H28N4O8/c1-4-36-19-11-15(22-21(24(33)35-3)14(2)27-25(34)28-22)9-10-18(19)37-13-20(30)29-26-12-16-7-5-6-8-17(16)23(31)32/h5-12,20,22,29-30H,4,13H2,1-3H3,(H,31,32)(H2,27,28,34)/b26-12+/t20-,22-/m0/s1. The first kappa shape index (κ1) is 27.0. The number of nitrogens with one attached hydrogen (secondary N) is 3. The molecule has 0 saturated carbocycles. The molecule has 0 unspecified atom stereocenters. The van der Waals surface area contributed by atoms with Crippen LogP contribution in [0.1, 0.15) is 41.4 Å². The predicted octanol–water partition coefficient (Wildman–Crippen LogP) is 1.91. The van der Waals surface area contributed by atoms with E-state index in [9.17, 15) is 24.6 Å². The van der Waals surface area contributed by atoms with E-state index in [1.807, 2.05) is 0 Å². The molecule has 1 heterocycles. The van der Waals surface area contributed by atoms with E-state index in [-0.39, 0.29) is 17.7 Å². The average Bonchev–Trinajstić information content (AvgIpc) is 2.87. The SMILES string of the molecule is CCOc1cc([C@@H]2NC(=O)NC(C)=C2C(=O)OC)ccc1OC[C@H](O)N/N=C/c1ccccc1C(=O)O. The Labute approximate surface area is 212 Å². The molecule has 5 N–H and O–H groups in total. The first-order chi connectivity index (χ1) is 17.7. The van der Waals surface area contributed by atoms with Crippen molar-refractivity contribution in [3.8, 4) is 11.5 Å². The number of carbonyl (C=O) groups excluding carboxylic acids is 2. The maximum atomic E-state index is 12.3. The molecule has 37 heavy (non-hydrogen) atoms. The van der Waals surface area contributed by atoms with Crippen LogP contribution in [-0.4, -0.2) is 60.9 Å². The molecule has 2 aromatic carbocycles.